The molecule has 0 fully saturated rings. The molecule has 0 saturated heterocycles. The highest BCUT2D eigenvalue weighted by molar-refractivity contribution is 6.18. The van der Waals surface area contributed by atoms with Crippen molar-refractivity contribution in [1.29, 1.82) is 0 Å². The van der Waals surface area contributed by atoms with Crippen molar-refractivity contribution in [2.24, 2.45) is 0 Å². The Hall–Kier alpha value is -2.80. The van der Waals surface area contributed by atoms with Crippen molar-refractivity contribution in [3.05, 3.63) is 72.5 Å². The lowest BCUT2D eigenvalue weighted by molar-refractivity contribution is 0.589. The summed E-state index contributed by atoms with van der Waals surface area (Å²) < 4.78 is 5.59. The van der Waals surface area contributed by atoms with Crippen LogP contribution in [0.4, 0.5) is 0 Å². The fourth-order valence-corrected chi connectivity index (χ4v) is 4.83. The molecule has 1 heteroatoms. The van der Waals surface area contributed by atoms with Gasteiger partial charge in [-0.25, -0.2) is 0 Å². The zero-order chi connectivity index (χ0) is 20.3. The maximum absolute atomic E-state index is 5.59. The molecule has 1 nitrogen and oxygen atoms in total. The quantitative estimate of drug-likeness (QED) is 0.145. The van der Waals surface area contributed by atoms with E-state index in [1.807, 2.05) is 0 Å². The van der Waals surface area contributed by atoms with Gasteiger partial charge in [-0.05, 0) is 75.0 Å². The SMILES string of the molecule is CCCCCCCCCc1ccc2cc3c(ccc4c5ccoc5ccc34)cc2c1. The van der Waals surface area contributed by atoms with Gasteiger partial charge in [0.25, 0.3) is 0 Å². The zero-order valence-electron chi connectivity index (χ0n) is 17.9. The predicted molar refractivity (Wildman–Crippen MR) is 130 cm³/mol. The van der Waals surface area contributed by atoms with Gasteiger partial charge in [-0.2, -0.15) is 0 Å². The average Bonchev–Trinajstić information content (AvgIpc) is 3.26. The van der Waals surface area contributed by atoms with E-state index in [0.717, 1.165) is 5.58 Å². The number of hydrogen-bond donors (Lipinski definition) is 0. The molecule has 0 N–H and O–H groups in total. The minimum atomic E-state index is 0.956. The van der Waals surface area contributed by atoms with Gasteiger partial charge in [0.2, 0.25) is 0 Å². The summed E-state index contributed by atoms with van der Waals surface area (Å²) in [5, 5.41) is 9.07. The molecule has 152 valence electrons. The Bertz CT molecular complexity index is 1310. The molecule has 0 aliphatic heterocycles. The molecule has 4 aromatic carbocycles. The van der Waals surface area contributed by atoms with Gasteiger partial charge in [0, 0.05) is 5.39 Å². The van der Waals surface area contributed by atoms with Crippen molar-refractivity contribution in [2.75, 3.05) is 0 Å². The highest BCUT2D eigenvalue weighted by atomic mass is 16.3. The van der Waals surface area contributed by atoms with Crippen molar-refractivity contribution in [2.45, 2.75) is 58.3 Å². The molecular formula is C29H30O. The van der Waals surface area contributed by atoms with Gasteiger partial charge in [0.1, 0.15) is 5.58 Å². The molecular weight excluding hydrogens is 364 g/mol. The fourth-order valence-electron chi connectivity index (χ4n) is 4.83. The molecule has 1 aromatic heterocycles. The van der Waals surface area contributed by atoms with E-state index in [9.17, 15) is 0 Å². The van der Waals surface area contributed by atoms with Crippen LogP contribution in [0.2, 0.25) is 0 Å². The Morgan fingerprint density at radius 3 is 2.23 bits per heavy atom. The van der Waals surface area contributed by atoms with Crippen molar-refractivity contribution >= 4 is 43.3 Å². The maximum Gasteiger partial charge on any atom is 0.134 e. The summed E-state index contributed by atoms with van der Waals surface area (Å²) in [6, 6.07) is 22.6. The monoisotopic (exact) mass is 394 g/mol. The first-order chi connectivity index (χ1) is 14.8. The van der Waals surface area contributed by atoms with E-state index in [2.05, 4.69) is 67.6 Å². The van der Waals surface area contributed by atoms with Crippen molar-refractivity contribution in [3.8, 4) is 0 Å². The van der Waals surface area contributed by atoms with Gasteiger partial charge in [-0.15, -0.1) is 0 Å². The van der Waals surface area contributed by atoms with E-state index < -0.39 is 0 Å². The molecule has 0 bridgehead atoms. The highest BCUT2D eigenvalue weighted by Gasteiger charge is 2.08. The van der Waals surface area contributed by atoms with Crippen molar-refractivity contribution in [3.63, 3.8) is 0 Å². The molecule has 0 amide bonds. The van der Waals surface area contributed by atoms with E-state index in [-0.39, 0.29) is 0 Å². The van der Waals surface area contributed by atoms with E-state index in [4.69, 9.17) is 4.42 Å². The minimum Gasteiger partial charge on any atom is -0.464 e. The summed E-state index contributed by atoms with van der Waals surface area (Å²) >= 11 is 0. The molecule has 5 aromatic rings. The zero-order valence-corrected chi connectivity index (χ0v) is 17.9. The van der Waals surface area contributed by atoms with Crippen LogP contribution in [0.5, 0.6) is 0 Å². The number of benzene rings is 4. The predicted octanol–water partition coefficient (Wildman–Crippen LogP) is 9.19. The second kappa shape index (κ2) is 8.52. The van der Waals surface area contributed by atoms with Crippen LogP contribution in [-0.2, 0) is 6.42 Å². The van der Waals surface area contributed by atoms with Gasteiger partial charge in [0.15, 0.2) is 0 Å². The first-order valence-corrected chi connectivity index (χ1v) is 11.6. The molecule has 0 saturated carbocycles. The lowest BCUT2D eigenvalue weighted by Gasteiger charge is -2.09. The lowest BCUT2D eigenvalue weighted by atomic mass is 9.95. The third-order valence-corrected chi connectivity index (χ3v) is 6.54. The fraction of sp³-hybridized carbons (Fsp3) is 0.310. The molecule has 0 radical (unpaired) electrons. The Balaban J connectivity index is 1.40. The summed E-state index contributed by atoms with van der Waals surface area (Å²) in [5.74, 6) is 0. The van der Waals surface area contributed by atoms with Crippen molar-refractivity contribution < 1.29 is 4.42 Å². The van der Waals surface area contributed by atoms with Crippen LogP contribution in [0.1, 0.15) is 57.4 Å². The second-order valence-electron chi connectivity index (χ2n) is 8.68. The molecule has 0 spiro atoms. The first kappa shape index (κ1) is 19.2. The summed E-state index contributed by atoms with van der Waals surface area (Å²) in [4.78, 5) is 0. The van der Waals surface area contributed by atoms with Crippen LogP contribution in [0.25, 0.3) is 43.3 Å². The van der Waals surface area contributed by atoms with Crippen molar-refractivity contribution in [1.82, 2.24) is 0 Å². The van der Waals surface area contributed by atoms with E-state index >= 15 is 0 Å². The van der Waals surface area contributed by atoms with E-state index in [1.54, 1.807) is 6.26 Å². The smallest absolute Gasteiger partial charge is 0.134 e. The van der Waals surface area contributed by atoms with Gasteiger partial charge in [-0.1, -0.05) is 81.8 Å². The molecule has 0 aliphatic rings. The molecule has 5 rings (SSSR count). The largest absolute Gasteiger partial charge is 0.464 e. The standard InChI is InChI=1S/C29H30O/c1-2-3-4-5-6-7-8-9-21-10-11-22-20-28-23(19-24(22)18-21)12-13-25-26(28)14-15-29-27(25)16-17-30-29/h10-20H,2-9H2,1H3. The second-order valence-corrected chi connectivity index (χ2v) is 8.68. The third-order valence-electron chi connectivity index (χ3n) is 6.54. The van der Waals surface area contributed by atoms with Crippen LogP contribution in [-0.4, -0.2) is 0 Å². The number of rotatable bonds is 8. The Morgan fingerprint density at radius 1 is 0.567 bits per heavy atom. The normalized spacial score (nSPS) is 11.9. The van der Waals surface area contributed by atoms with Gasteiger partial charge >= 0.3 is 0 Å². The Kier molecular flexibility index (Phi) is 5.45. The summed E-state index contributed by atoms with van der Waals surface area (Å²) in [6.45, 7) is 2.28. The van der Waals surface area contributed by atoms with Gasteiger partial charge < -0.3 is 4.42 Å². The molecule has 0 unspecified atom stereocenters. The summed E-state index contributed by atoms with van der Waals surface area (Å²) in [6.07, 6.45) is 12.5. The minimum absolute atomic E-state index is 0.956. The van der Waals surface area contributed by atoms with E-state index in [1.165, 1.54) is 94.6 Å². The number of unbranched alkanes of at least 4 members (excludes halogenated alkanes) is 6. The van der Waals surface area contributed by atoms with E-state index in [0.29, 0.717) is 0 Å². The van der Waals surface area contributed by atoms with Crippen LogP contribution >= 0.6 is 0 Å². The maximum atomic E-state index is 5.59. The topological polar surface area (TPSA) is 13.1 Å². The molecule has 0 aliphatic carbocycles. The van der Waals surface area contributed by atoms with Crippen LogP contribution in [0.3, 0.4) is 0 Å². The molecule has 30 heavy (non-hydrogen) atoms. The summed E-state index contributed by atoms with van der Waals surface area (Å²) in [7, 11) is 0. The first-order valence-electron chi connectivity index (χ1n) is 11.6. The third kappa shape index (κ3) is 3.69. The molecule has 1 heterocycles. The number of furan rings is 1. The van der Waals surface area contributed by atoms with Crippen LogP contribution in [0.15, 0.2) is 71.3 Å². The summed E-state index contributed by atoms with van der Waals surface area (Å²) in [5.41, 5.74) is 2.42. The highest BCUT2D eigenvalue weighted by Crippen LogP contribution is 2.34. The van der Waals surface area contributed by atoms with Gasteiger partial charge in [0.05, 0.1) is 6.26 Å². The Morgan fingerprint density at radius 2 is 1.33 bits per heavy atom. The van der Waals surface area contributed by atoms with Crippen LogP contribution in [0, 0.1) is 0 Å². The number of hydrogen-bond acceptors (Lipinski definition) is 1. The van der Waals surface area contributed by atoms with Gasteiger partial charge in [-0.3, -0.25) is 0 Å². The lowest BCUT2D eigenvalue weighted by Crippen LogP contribution is -1.87. The van der Waals surface area contributed by atoms with Crippen LogP contribution < -0.4 is 0 Å². The average molecular weight is 395 g/mol. The number of aryl methyl sites for hydroxylation is 1. The Labute approximate surface area is 178 Å². The number of fused-ring (bicyclic) bond motifs is 6. The molecule has 0 atom stereocenters.